The van der Waals surface area contributed by atoms with Crippen molar-refractivity contribution in [1.82, 2.24) is 15.3 Å². The lowest BCUT2D eigenvalue weighted by Crippen LogP contribution is -2.48. The van der Waals surface area contributed by atoms with Crippen LogP contribution in [0.15, 0.2) is 60.8 Å². The van der Waals surface area contributed by atoms with Crippen LogP contribution in [-0.4, -0.2) is 48.5 Å². The van der Waals surface area contributed by atoms with Gasteiger partial charge in [-0.05, 0) is 42.0 Å². The molecule has 0 unspecified atom stereocenters. The number of hydrogen-bond donors (Lipinski definition) is 2. The van der Waals surface area contributed by atoms with Gasteiger partial charge in [-0.1, -0.05) is 18.2 Å². The zero-order valence-electron chi connectivity index (χ0n) is 18.4. The molecule has 4 rings (SSSR count). The summed E-state index contributed by atoms with van der Waals surface area (Å²) in [6.45, 7) is -0.263. The molecular formula is C23H20F3N5O4. The number of ether oxygens (including phenoxy) is 2. The second-order valence-electron chi connectivity index (χ2n) is 7.44. The fourth-order valence-corrected chi connectivity index (χ4v) is 3.48. The Bertz CT molecular complexity index is 1210. The molecule has 0 radical (unpaired) electrons. The maximum atomic E-state index is 13.0. The molecule has 1 aliphatic rings. The minimum Gasteiger partial charge on any atom is -0.406 e. The van der Waals surface area contributed by atoms with Gasteiger partial charge in [0.2, 0.25) is 5.91 Å². The standard InChI is InChI=1S/C23H20F3N5O4/c1-34-19(14-5-7-15(8-6-14)35-23(24,25)26)12-28-22(33)31-13-20(32)29-18-10-9-17(30-21(18)31)16-4-2-3-11-27-16/h2-11,19H,12-13H2,1H3,(H,28,33)(H,29,32)/t19-/m0/s1. The molecule has 3 amide bonds. The normalized spacial score (nSPS) is 14.1. The lowest BCUT2D eigenvalue weighted by atomic mass is 10.1. The highest BCUT2D eigenvalue weighted by atomic mass is 19.4. The lowest BCUT2D eigenvalue weighted by molar-refractivity contribution is -0.274. The molecule has 2 N–H and O–H groups in total. The van der Waals surface area contributed by atoms with E-state index in [1.54, 1.807) is 30.5 Å². The molecule has 3 heterocycles. The summed E-state index contributed by atoms with van der Waals surface area (Å²) in [5.41, 5.74) is 2.02. The van der Waals surface area contributed by atoms with Crippen molar-refractivity contribution in [1.29, 1.82) is 0 Å². The number of fused-ring (bicyclic) bond motifs is 1. The van der Waals surface area contributed by atoms with Gasteiger partial charge in [0.15, 0.2) is 5.82 Å². The SMILES string of the molecule is CO[C@@H](CNC(=O)N1CC(=O)Nc2ccc(-c3ccccn3)nc21)c1ccc(OC(F)(F)F)cc1. The van der Waals surface area contributed by atoms with Gasteiger partial charge in [-0.15, -0.1) is 13.2 Å². The number of benzene rings is 1. The zero-order chi connectivity index (χ0) is 25.0. The molecule has 1 aromatic carbocycles. The number of hydrogen-bond acceptors (Lipinski definition) is 6. The average molecular weight is 487 g/mol. The summed E-state index contributed by atoms with van der Waals surface area (Å²) in [7, 11) is 1.40. The van der Waals surface area contributed by atoms with Crippen molar-refractivity contribution in [3.8, 4) is 17.1 Å². The molecule has 1 aliphatic heterocycles. The summed E-state index contributed by atoms with van der Waals surface area (Å²) in [5.74, 6) is -0.498. The molecule has 1 atom stereocenters. The van der Waals surface area contributed by atoms with E-state index in [2.05, 4.69) is 25.3 Å². The van der Waals surface area contributed by atoms with Crippen LogP contribution < -0.4 is 20.3 Å². The molecule has 182 valence electrons. The number of halogens is 3. The molecule has 0 fully saturated rings. The van der Waals surface area contributed by atoms with Gasteiger partial charge in [0.25, 0.3) is 0 Å². The highest BCUT2D eigenvalue weighted by Gasteiger charge is 2.31. The topological polar surface area (TPSA) is 106 Å². The summed E-state index contributed by atoms with van der Waals surface area (Å²) in [6, 6.07) is 13.2. The van der Waals surface area contributed by atoms with Gasteiger partial charge in [-0.3, -0.25) is 14.7 Å². The van der Waals surface area contributed by atoms with E-state index >= 15 is 0 Å². The minimum absolute atomic E-state index is 0.0117. The van der Waals surface area contributed by atoms with Crippen LogP contribution >= 0.6 is 0 Å². The van der Waals surface area contributed by atoms with Crippen molar-refractivity contribution in [2.24, 2.45) is 0 Å². The Labute approximate surface area is 197 Å². The van der Waals surface area contributed by atoms with Crippen LogP contribution in [0.1, 0.15) is 11.7 Å². The van der Waals surface area contributed by atoms with Crippen LogP contribution in [0.25, 0.3) is 11.4 Å². The van der Waals surface area contributed by atoms with Crippen molar-refractivity contribution >= 4 is 23.4 Å². The van der Waals surface area contributed by atoms with Crippen molar-refractivity contribution in [2.75, 3.05) is 30.4 Å². The van der Waals surface area contributed by atoms with Crippen molar-refractivity contribution in [3.05, 3.63) is 66.4 Å². The Balaban J connectivity index is 1.48. The van der Waals surface area contributed by atoms with Gasteiger partial charge in [0.05, 0.1) is 23.2 Å². The monoisotopic (exact) mass is 487 g/mol. The third-order valence-electron chi connectivity index (χ3n) is 5.09. The van der Waals surface area contributed by atoms with Crippen LogP contribution in [0.4, 0.5) is 29.5 Å². The molecule has 0 bridgehead atoms. The van der Waals surface area contributed by atoms with Crippen LogP contribution in [0.2, 0.25) is 0 Å². The molecule has 0 saturated carbocycles. The van der Waals surface area contributed by atoms with Crippen LogP contribution in [-0.2, 0) is 9.53 Å². The number of carbonyl (C=O) groups excluding carboxylic acids is 2. The second-order valence-corrected chi connectivity index (χ2v) is 7.44. The lowest BCUT2D eigenvalue weighted by Gasteiger charge is -2.29. The Morgan fingerprint density at radius 2 is 1.91 bits per heavy atom. The van der Waals surface area contributed by atoms with E-state index in [4.69, 9.17) is 4.74 Å². The number of aromatic nitrogens is 2. The maximum Gasteiger partial charge on any atom is 0.573 e. The van der Waals surface area contributed by atoms with Gasteiger partial charge in [0, 0.05) is 19.9 Å². The van der Waals surface area contributed by atoms with Crippen LogP contribution in [0.5, 0.6) is 5.75 Å². The smallest absolute Gasteiger partial charge is 0.406 e. The Morgan fingerprint density at radius 1 is 1.14 bits per heavy atom. The number of urea groups is 1. The summed E-state index contributed by atoms with van der Waals surface area (Å²) < 4.78 is 46.4. The second kappa shape index (κ2) is 9.97. The Morgan fingerprint density at radius 3 is 2.57 bits per heavy atom. The Kier molecular flexibility index (Phi) is 6.82. The van der Waals surface area contributed by atoms with Crippen LogP contribution in [0.3, 0.4) is 0 Å². The number of rotatable bonds is 6. The number of methoxy groups -OCH3 is 1. The van der Waals surface area contributed by atoms with Gasteiger partial charge in [-0.2, -0.15) is 0 Å². The number of alkyl halides is 3. The number of anilines is 2. The third kappa shape index (κ3) is 5.84. The number of carbonyl (C=O) groups is 2. The molecule has 0 aliphatic carbocycles. The summed E-state index contributed by atoms with van der Waals surface area (Å²) in [4.78, 5) is 35.1. The summed E-state index contributed by atoms with van der Waals surface area (Å²) in [5, 5.41) is 5.38. The van der Waals surface area contributed by atoms with E-state index in [0.717, 1.165) is 12.1 Å². The minimum atomic E-state index is -4.79. The Hall–Kier alpha value is -4.19. The molecule has 0 saturated heterocycles. The predicted molar refractivity (Wildman–Crippen MR) is 120 cm³/mol. The van der Waals surface area contributed by atoms with E-state index in [1.165, 1.54) is 24.1 Å². The van der Waals surface area contributed by atoms with Gasteiger partial charge < -0.3 is 20.1 Å². The first kappa shape index (κ1) is 24.0. The quantitative estimate of drug-likeness (QED) is 0.547. The first-order chi connectivity index (χ1) is 16.7. The van der Waals surface area contributed by atoms with Gasteiger partial charge >= 0.3 is 12.4 Å². The van der Waals surface area contributed by atoms with Gasteiger partial charge in [-0.25, -0.2) is 9.78 Å². The first-order valence-corrected chi connectivity index (χ1v) is 10.4. The number of nitrogens with zero attached hydrogens (tertiary/aromatic N) is 3. The van der Waals surface area contributed by atoms with E-state index in [0.29, 0.717) is 22.6 Å². The largest absolute Gasteiger partial charge is 0.573 e. The van der Waals surface area contributed by atoms with E-state index in [-0.39, 0.29) is 30.6 Å². The predicted octanol–water partition coefficient (Wildman–Crippen LogP) is 3.90. The fraction of sp³-hybridized carbons (Fsp3) is 0.217. The zero-order valence-corrected chi connectivity index (χ0v) is 18.4. The van der Waals surface area contributed by atoms with Crippen molar-refractivity contribution < 1.29 is 32.2 Å². The first-order valence-electron chi connectivity index (χ1n) is 10.4. The summed E-state index contributed by atoms with van der Waals surface area (Å²) >= 11 is 0. The van der Waals surface area contributed by atoms with Gasteiger partial charge in [0.1, 0.15) is 12.3 Å². The molecule has 0 spiro atoms. The average Bonchev–Trinajstić information content (AvgIpc) is 2.84. The maximum absolute atomic E-state index is 13.0. The summed E-state index contributed by atoms with van der Waals surface area (Å²) in [6.07, 6.45) is -3.84. The molecule has 9 nitrogen and oxygen atoms in total. The van der Waals surface area contributed by atoms with E-state index in [9.17, 15) is 22.8 Å². The van der Waals surface area contributed by atoms with Crippen molar-refractivity contribution in [3.63, 3.8) is 0 Å². The highest BCUT2D eigenvalue weighted by Crippen LogP contribution is 2.30. The van der Waals surface area contributed by atoms with E-state index in [1.807, 2.05) is 6.07 Å². The number of pyridine rings is 2. The molecule has 12 heteroatoms. The molecular weight excluding hydrogens is 467 g/mol. The molecule has 3 aromatic rings. The number of amides is 3. The van der Waals surface area contributed by atoms with E-state index < -0.39 is 18.5 Å². The fourth-order valence-electron chi connectivity index (χ4n) is 3.48. The molecule has 35 heavy (non-hydrogen) atoms. The van der Waals surface area contributed by atoms with Crippen molar-refractivity contribution in [2.45, 2.75) is 12.5 Å². The highest BCUT2D eigenvalue weighted by molar-refractivity contribution is 6.08. The van der Waals surface area contributed by atoms with Crippen LogP contribution in [0, 0.1) is 0 Å². The molecule has 2 aromatic heterocycles. The third-order valence-corrected chi connectivity index (χ3v) is 5.09. The number of nitrogens with one attached hydrogen (secondary N) is 2.